The molecule has 0 amide bonds. The summed E-state index contributed by atoms with van der Waals surface area (Å²) in [5, 5.41) is 0. The van der Waals surface area contributed by atoms with Gasteiger partial charge >= 0.3 is 0 Å². The van der Waals surface area contributed by atoms with E-state index in [0.29, 0.717) is 12.1 Å². The van der Waals surface area contributed by atoms with Crippen LogP contribution in [0.1, 0.15) is 30.6 Å². The number of hydrogen-bond donors (Lipinski definition) is 2. The Kier molecular flexibility index (Phi) is 5.06. The first-order valence-electron chi connectivity index (χ1n) is 6.79. The molecule has 3 N–H and O–H groups in total. The van der Waals surface area contributed by atoms with Gasteiger partial charge in [0.05, 0.1) is 5.69 Å². The van der Waals surface area contributed by atoms with Crippen LogP contribution in [0.5, 0.6) is 0 Å². The van der Waals surface area contributed by atoms with Crippen LogP contribution in [0.3, 0.4) is 0 Å². The maximum Gasteiger partial charge on any atom is 0.242 e. The molecule has 0 radical (unpaired) electrons. The topological polar surface area (TPSA) is 85.1 Å². The van der Waals surface area contributed by atoms with E-state index in [1.165, 1.54) is 12.3 Å². The van der Waals surface area contributed by atoms with Gasteiger partial charge in [-0.1, -0.05) is 37.3 Å². The molecular formula is C15H19N3O2S. The second kappa shape index (κ2) is 6.80. The molecule has 5 nitrogen and oxygen atoms in total. The Morgan fingerprint density at radius 2 is 1.90 bits per heavy atom. The predicted octanol–water partition coefficient (Wildman–Crippen LogP) is 1.97. The summed E-state index contributed by atoms with van der Waals surface area (Å²) in [6.45, 7) is 2.02. The Bertz CT molecular complexity index is 687. The van der Waals surface area contributed by atoms with Gasteiger partial charge in [0.15, 0.2) is 0 Å². The molecule has 0 aliphatic rings. The van der Waals surface area contributed by atoms with Gasteiger partial charge in [-0.15, -0.1) is 0 Å². The number of nitrogens with one attached hydrogen (secondary N) is 1. The summed E-state index contributed by atoms with van der Waals surface area (Å²) in [5.41, 5.74) is 6.87. The summed E-state index contributed by atoms with van der Waals surface area (Å²) >= 11 is 0. The highest BCUT2D eigenvalue weighted by Gasteiger charge is 2.22. The summed E-state index contributed by atoms with van der Waals surface area (Å²) in [6, 6.07) is 12.3. The van der Waals surface area contributed by atoms with Crippen molar-refractivity contribution in [2.24, 2.45) is 5.73 Å². The van der Waals surface area contributed by atoms with Crippen LogP contribution in [0.25, 0.3) is 0 Å². The molecule has 0 bridgehead atoms. The fourth-order valence-electron chi connectivity index (χ4n) is 2.14. The highest BCUT2D eigenvalue weighted by Crippen LogP contribution is 2.21. The maximum absolute atomic E-state index is 12.5. The first-order valence-corrected chi connectivity index (χ1v) is 8.28. The summed E-state index contributed by atoms with van der Waals surface area (Å²) in [5.74, 6) is 0. The van der Waals surface area contributed by atoms with Gasteiger partial charge in [0.1, 0.15) is 4.90 Å². The Labute approximate surface area is 125 Å². The van der Waals surface area contributed by atoms with Crippen molar-refractivity contribution in [2.45, 2.75) is 30.8 Å². The van der Waals surface area contributed by atoms with Gasteiger partial charge in [-0.25, -0.2) is 13.1 Å². The molecule has 2 aromatic rings. The Morgan fingerprint density at radius 1 is 1.19 bits per heavy atom. The average molecular weight is 305 g/mol. The summed E-state index contributed by atoms with van der Waals surface area (Å²) < 4.78 is 27.8. The highest BCUT2D eigenvalue weighted by molar-refractivity contribution is 7.89. The summed E-state index contributed by atoms with van der Waals surface area (Å²) in [6.07, 6.45) is 2.19. The smallest absolute Gasteiger partial charge is 0.242 e. The van der Waals surface area contributed by atoms with E-state index in [-0.39, 0.29) is 17.5 Å². The third-order valence-electron chi connectivity index (χ3n) is 3.24. The second-order valence-electron chi connectivity index (χ2n) is 4.65. The number of nitrogens with two attached hydrogens (primary N) is 1. The van der Waals surface area contributed by atoms with Crippen molar-refractivity contribution in [2.75, 3.05) is 0 Å². The first-order chi connectivity index (χ1) is 10.1. The minimum absolute atomic E-state index is 0.0826. The van der Waals surface area contributed by atoms with Gasteiger partial charge in [0, 0.05) is 18.8 Å². The van der Waals surface area contributed by atoms with Crippen molar-refractivity contribution in [3.8, 4) is 0 Å². The monoisotopic (exact) mass is 305 g/mol. The summed E-state index contributed by atoms with van der Waals surface area (Å²) in [4.78, 5) is 4.17. The van der Waals surface area contributed by atoms with Gasteiger partial charge in [-0.3, -0.25) is 4.98 Å². The molecule has 0 spiro atoms. The number of aromatic nitrogens is 1. The lowest BCUT2D eigenvalue weighted by Crippen LogP contribution is -2.29. The van der Waals surface area contributed by atoms with Crippen LogP contribution < -0.4 is 10.5 Å². The van der Waals surface area contributed by atoms with E-state index in [2.05, 4.69) is 9.71 Å². The number of pyridine rings is 1. The minimum atomic E-state index is -3.66. The zero-order valence-electron chi connectivity index (χ0n) is 11.9. The molecule has 0 saturated heterocycles. The van der Waals surface area contributed by atoms with Crippen molar-refractivity contribution >= 4 is 10.0 Å². The number of hydrogen-bond acceptors (Lipinski definition) is 4. The lowest BCUT2D eigenvalue weighted by atomic mass is 10.1. The fourth-order valence-corrected chi connectivity index (χ4v) is 3.65. The largest absolute Gasteiger partial charge is 0.325 e. The zero-order valence-corrected chi connectivity index (χ0v) is 12.7. The van der Waals surface area contributed by atoms with Crippen LogP contribution in [0, 0.1) is 0 Å². The van der Waals surface area contributed by atoms with Crippen molar-refractivity contribution in [3.63, 3.8) is 0 Å². The van der Waals surface area contributed by atoms with E-state index in [9.17, 15) is 8.42 Å². The number of benzene rings is 1. The molecule has 1 aromatic carbocycles. The first kappa shape index (κ1) is 15.6. The number of rotatable bonds is 6. The van der Waals surface area contributed by atoms with Gasteiger partial charge in [-0.2, -0.15) is 0 Å². The van der Waals surface area contributed by atoms with Crippen molar-refractivity contribution in [1.29, 1.82) is 0 Å². The fraction of sp³-hybridized carbons (Fsp3) is 0.267. The SMILES string of the molecule is CCC(NS(=O)(=O)c1cccnc1CN)c1ccccc1. The minimum Gasteiger partial charge on any atom is -0.325 e. The molecule has 0 aliphatic heterocycles. The van der Waals surface area contributed by atoms with E-state index in [1.54, 1.807) is 6.07 Å². The number of sulfonamides is 1. The van der Waals surface area contributed by atoms with Crippen LogP contribution in [-0.4, -0.2) is 13.4 Å². The molecule has 1 unspecified atom stereocenters. The van der Waals surface area contributed by atoms with Crippen LogP contribution in [0.4, 0.5) is 0 Å². The van der Waals surface area contributed by atoms with Crippen LogP contribution in [0.2, 0.25) is 0 Å². The maximum atomic E-state index is 12.5. The molecule has 6 heteroatoms. The molecule has 0 aliphatic carbocycles. The Balaban J connectivity index is 2.32. The van der Waals surface area contributed by atoms with Gasteiger partial charge in [0.2, 0.25) is 10.0 Å². The Hall–Kier alpha value is -1.76. The quantitative estimate of drug-likeness (QED) is 0.854. The van der Waals surface area contributed by atoms with Gasteiger partial charge in [0.25, 0.3) is 0 Å². The lowest BCUT2D eigenvalue weighted by Gasteiger charge is -2.18. The van der Waals surface area contributed by atoms with Crippen molar-refractivity contribution in [3.05, 3.63) is 59.9 Å². The van der Waals surface area contributed by atoms with Gasteiger partial charge in [-0.05, 0) is 24.1 Å². The van der Waals surface area contributed by atoms with E-state index < -0.39 is 10.0 Å². The highest BCUT2D eigenvalue weighted by atomic mass is 32.2. The molecule has 1 aromatic heterocycles. The third kappa shape index (κ3) is 3.66. The molecule has 0 fully saturated rings. The van der Waals surface area contributed by atoms with Crippen molar-refractivity contribution in [1.82, 2.24) is 9.71 Å². The normalized spacial score (nSPS) is 13.0. The molecular weight excluding hydrogens is 286 g/mol. The number of nitrogens with zero attached hydrogens (tertiary/aromatic N) is 1. The van der Waals surface area contributed by atoms with E-state index in [4.69, 9.17) is 5.73 Å². The molecule has 0 saturated carbocycles. The lowest BCUT2D eigenvalue weighted by molar-refractivity contribution is 0.548. The van der Waals surface area contributed by atoms with Crippen LogP contribution in [0.15, 0.2) is 53.6 Å². The second-order valence-corrected chi connectivity index (χ2v) is 6.33. The standard InChI is InChI=1S/C15H19N3O2S/c1-2-13(12-7-4-3-5-8-12)18-21(19,20)15-9-6-10-17-14(15)11-16/h3-10,13,18H,2,11,16H2,1H3. The van der Waals surface area contributed by atoms with E-state index >= 15 is 0 Å². The average Bonchev–Trinajstić information content (AvgIpc) is 2.53. The van der Waals surface area contributed by atoms with Crippen LogP contribution in [-0.2, 0) is 16.6 Å². The van der Waals surface area contributed by atoms with E-state index in [0.717, 1.165) is 5.56 Å². The zero-order chi connectivity index (χ0) is 15.3. The molecule has 21 heavy (non-hydrogen) atoms. The molecule has 1 atom stereocenters. The molecule has 112 valence electrons. The molecule has 2 rings (SSSR count). The third-order valence-corrected chi connectivity index (χ3v) is 4.78. The predicted molar refractivity (Wildman–Crippen MR) is 81.9 cm³/mol. The Morgan fingerprint density at radius 3 is 2.52 bits per heavy atom. The van der Waals surface area contributed by atoms with E-state index in [1.807, 2.05) is 37.3 Å². The van der Waals surface area contributed by atoms with Gasteiger partial charge < -0.3 is 5.73 Å². The summed E-state index contributed by atoms with van der Waals surface area (Å²) in [7, 11) is -3.66. The molecule has 1 heterocycles. The van der Waals surface area contributed by atoms with Crippen molar-refractivity contribution < 1.29 is 8.42 Å². The van der Waals surface area contributed by atoms with Crippen LogP contribution >= 0.6 is 0 Å².